The monoisotopic (exact) mass is 291 g/mol. The topological polar surface area (TPSA) is 30.5 Å². The van der Waals surface area contributed by atoms with Crippen molar-refractivity contribution in [1.29, 1.82) is 0 Å². The van der Waals surface area contributed by atoms with Crippen molar-refractivity contribution in [1.82, 2.24) is 5.32 Å². The van der Waals surface area contributed by atoms with E-state index in [9.17, 15) is 0 Å². The summed E-state index contributed by atoms with van der Waals surface area (Å²) in [5, 5.41) is 3.95. The maximum absolute atomic E-state index is 6.02. The highest BCUT2D eigenvalue weighted by Crippen LogP contribution is 2.35. The molecule has 0 bridgehead atoms. The number of halogens is 1. The third kappa shape index (κ3) is 2.89. The molecule has 0 aliphatic carbocycles. The van der Waals surface area contributed by atoms with Crippen molar-refractivity contribution in [2.24, 2.45) is 0 Å². The van der Waals surface area contributed by atoms with Crippen LogP contribution in [0.4, 0.5) is 0 Å². The molecule has 1 N–H and O–H groups in total. The van der Waals surface area contributed by atoms with E-state index in [4.69, 9.17) is 21.1 Å². The Labute approximate surface area is 124 Å². The van der Waals surface area contributed by atoms with Gasteiger partial charge in [0.15, 0.2) is 0 Å². The minimum Gasteiger partial charge on any atom is -0.496 e. The van der Waals surface area contributed by atoms with Crippen LogP contribution in [0, 0.1) is 0 Å². The van der Waals surface area contributed by atoms with Crippen LogP contribution in [0.15, 0.2) is 42.5 Å². The second-order valence-electron chi connectivity index (χ2n) is 4.35. The summed E-state index contributed by atoms with van der Waals surface area (Å²) in [6.45, 7) is 0. The van der Waals surface area contributed by atoms with Crippen molar-refractivity contribution >= 4 is 11.6 Å². The Balaban J connectivity index is 2.52. The van der Waals surface area contributed by atoms with Crippen LogP contribution >= 0.6 is 11.6 Å². The second-order valence-corrected chi connectivity index (χ2v) is 4.79. The van der Waals surface area contributed by atoms with E-state index in [2.05, 4.69) is 5.32 Å². The van der Waals surface area contributed by atoms with Crippen LogP contribution < -0.4 is 14.8 Å². The molecule has 0 fully saturated rings. The van der Waals surface area contributed by atoms with Crippen LogP contribution in [0.3, 0.4) is 0 Å². The third-order valence-corrected chi connectivity index (χ3v) is 3.48. The predicted octanol–water partition coefficient (Wildman–Crippen LogP) is 3.67. The smallest absolute Gasteiger partial charge is 0.125 e. The van der Waals surface area contributed by atoms with Crippen LogP contribution in [0.1, 0.15) is 17.2 Å². The standard InChI is InChI=1S/C16H18ClNO2/c1-18-16(12-6-4-5-7-14(12)19-2)13-9-8-11(17)10-15(13)20-3/h4-10,16,18H,1-3H3. The van der Waals surface area contributed by atoms with E-state index in [0.717, 1.165) is 22.6 Å². The van der Waals surface area contributed by atoms with Gasteiger partial charge in [-0.3, -0.25) is 0 Å². The fraction of sp³-hybridized carbons (Fsp3) is 0.250. The van der Waals surface area contributed by atoms with E-state index in [0.29, 0.717) is 5.02 Å². The molecule has 2 aromatic carbocycles. The molecule has 2 rings (SSSR count). The van der Waals surface area contributed by atoms with Gasteiger partial charge in [0.25, 0.3) is 0 Å². The van der Waals surface area contributed by atoms with Gasteiger partial charge in [0, 0.05) is 16.1 Å². The average molecular weight is 292 g/mol. The summed E-state index contributed by atoms with van der Waals surface area (Å²) in [6.07, 6.45) is 0. The summed E-state index contributed by atoms with van der Waals surface area (Å²) >= 11 is 6.02. The Morgan fingerprint density at radius 3 is 2.25 bits per heavy atom. The predicted molar refractivity (Wildman–Crippen MR) is 81.9 cm³/mol. The van der Waals surface area contributed by atoms with Crippen molar-refractivity contribution < 1.29 is 9.47 Å². The molecule has 3 nitrogen and oxygen atoms in total. The molecule has 106 valence electrons. The van der Waals surface area contributed by atoms with Crippen molar-refractivity contribution in [2.45, 2.75) is 6.04 Å². The molecular weight excluding hydrogens is 274 g/mol. The van der Waals surface area contributed by atoms with Crippen LogP contribution in [0.2, 0.25) is 5.02 Å². The number of benzene rings is 2. The molecule has 0 amide bonds. The highest BCUT2D eigenvalue weighted by Gasteiger charge is 2.19. The Morgan fingerprint density at radius 1 is 0.950 bits per heavy atom. The number of rotatable bonds is 5. The maximum Gasteiger partial charge on any atom is 0.125 e. The lowest BCUT2D eigenvalue weighted by atomic mass is 9.97. The molecule has 2 aromatic rings. The van der Waals surface area contributed by atoms with Crippen LogP contribution in [-0.4, -0.2) is 21.3 Å². The largest absolute Gasteiger partial charge is 0.496 e. The van der Waals surface area contributed by atoms with Gasteiger partial charge in [-0.1, -0.05) is 35.9 Å². The quantitative estimate of drug-likeness (QED) is 0.912. The fourth-order valence-corrected chi connectivity index (χ4v) is 2.47. The first kappa shape index (κ1) is 14.7. The Bertz CT molecular complexity index is 586. The van der Waals surface area contributed by atoms with Gasteiger partial charge in [-0.05, 0) is 25.2 Å². The number of methoxy groups -OCH3 is 2. The summed E-state index contributed by atoms with van der Waals surface area (Å²) < 4.78 is 10.9. The van der Waals surface area contributed by atoms with Gasteiger partial charge in [0.2, 0.25) is 0 Å². The van der Waals surface area contributed by atoms with Crippen molar-refractivity contribution in [3.63, 3.8) is 0 Å². The molecule has 0 radical (unpaired) electrons. The molecule has 4 heteroatoms. The minimum absolute atomic E-state index is 0.0293. The fourth-order valence-electron chi connectivity index (χ4n) is 2.31. The van der Waals surface area contributed by atoms with Gasteiger partial charge in [0.05, 0.1) is 20.3 Å². The van der Waals surface area contributed by atoms with Gasteiger partial charge in [-0.2, -0.15) is 0 Å². The van der Waals surface area contributed by atoms with Crippen molar-refractivity contribution in [3.8, 4) is 11.5 Å². The molecule has 1 atom stereocenters. The first-order chi connectivity index (χ1) is 9.71. The number of nitrogens with one attached hydrogen (secondary N) is 1. The summed E-state index contributed by atoms with van der Waals surface area (Å²) in [4.78, 5) is 0. The molecule has 1 unspecified atom stereocenters. The lowest BCUT2D eigenvalue weighted by molar-refractivity contribution is 0.396. The molecular formula is C16H18ClNO2. The number of para-hydroxylation sites is 1. The van der Waals surface area contributed by atoms with Crippen LogP contribution in [0.25, 0.3) is 0 Å². The molecule has 0 aliphatic heterocycles. The number of hydrogen-bond acceptors (Lipinski definition) is 3. The van der Waals surface area contributed by atoms with E-state index < -0.39 is 0 Å². The van der Waals surface area contributed by atoms with Gasteiger partial charge in [0.1, 0.15) is 11.5 Å². The van der Waals surface area contributed by atoms with Crippen molar-refractivity contribution in [2.75, 3.05) is 21.3 Å². The van der Waals surface area contributed by atoms with Gasteiger partial charge in [-0.15, -0.1) is 0 Å². The van der Waals surface area contributed by atoms with Crippen LogP contribution in [-0.2, 0) is 0 Å². The van der Waals surface area contributed by atoms with E-state index in [1.54, 1.807) is 14.2 Å². The average Bonchev–Trinajstić information content (AvgIpc) is 2.49. The summed E-state index contributed by atoms with van der Waals surface area (Å²) in [5.74, 6) is 1.59. The molecule has 0 aromatic heterocycles. The normalized spacial score (nSPS) is 12.0. The zero-order chi connectivity index (χ0) is 14.5. The summed E-state index contributed by atoms with van der Waals surface area (Å²) in [6, 6.07) is 13.5. The molecule has 0 spiro atoms. The maximum atomic E-state index is 6.02. The first-order valence-corrected chi connectivity index (χ1v) is 6.72. The molecule has 0 saturated heterocycles. The third-order valence-electron chi connectivity index (χ3n) is 3.25. The first-order valence-electron chi connectivity index (χ1n) is 6.35. The van der Waals surface area contributed by atoms with Gasteiger partial charge < -0.3 is 14.8 Å². The minimum atomic E-state index is -0.0293. The number of ether oxygens (including phenoxy) is 2. The van der Waals surface area contributed by atoms with Crippen LogP contribution in [0.5, 0.6) is 11.5 Å². The second kappa shape index (κ2) is 6.64. The molecule has 0 heterocycles. The molecule has 0 aliphatic rings. The highest BCUT2D eigenvalue weighted by molar-refractivity contribution is 6.30. The van der Waals surface area contributed by atoms with E-state index in [1.165, 1.54) is 0 Å². The van der Waals surface area contributed by atoms with Gasteiger partial charge >= 0.3 is 0 Å². The Hall–Kier alpha value is -1.71. The lowest BCUT2D eigenvalue weighted by Gasteiger charge is -2.22. The molecule has 20 heavy (non-hydrogen) atoms. The number of hydrogen-bond donors (Lipinski definition) is 1. The Kier molecular flexibility index (Phi) is 4.88. The summed E-state index contributed by atoms with van der Waals surface area (Å²) in [5.41, 5.74) is 2.07. The zero-order valence-electron chi connectivity index (χ0n) is 11.8. The van der Waals surface area contributed by atoms with E-state index in [1.807, 2.05) is 49.5 Å². The molecule has 0 saturated carbocycles. The summed E-state index contributed by atoms with van der Waals surface area (Å²) in [7, 11) is 5.22. The Morgan fingerprint density at radius 2 is 1.60 bits per heavy atom. The van der Waals surface area contributed by atoms with Gasteiger partial charge in [-0.25, -0.2) is 0 Å². The zero-order valence-corrected chi connectivity index (χ0v) is 12.6. The highest BCUT2D eigenvalue weighted by atomic mass is 35.5. The van der Waals surface area contributed by atoms with E-state index in [-0.39, 0.29) is 6.04 Å². The lowest BCUT2D eigenvalue weighted by Crippen LogP contribution is -2.19. The van der Waals surface area contributed by atoms with Crippen molar-refractivity contribution in [3.05, 3.63) is 58.6 Å². The SMILES string of the molecule is CNC(c1ccccc1OC)c1ccc(Cl)cc1OC. The van der Waals surface area contributed by atoms with E-state index >= 15 is 0 Å².